The highest BCUT2D eigenvalue weighted by molar-refractivity contribution is 7.89. The van der Waals surface area contributed by atoms with Gasteiger partial charge in [0.15, 0.2) is 0 Å². The second-order valence-electron chi connectivity index (χ2n) is 9.33. The molecule has 0 unspecified atom stereocenters. The molecule has 3 aliphatic heterocycles. The van der Waals surface area contributed by atoms with Crippen molar-refractivity contribution in [2.45, 2.75) is 31.8 Å². The third kappa shape index (κ3) is 5.54. The highest BCUT2D eigenvalue weighted by Gasteiger charge is 2.47. The van der Waals surface area contributed by atoms with E-state index in [-0.39, 0.29) is 45.1 Å². The van der Waals surface area contributed by atoms with Crippen molar-refractivity contribution in [3.8, 4) is 6.07 Å². The molecule has 194 valence electrons. The molecule has 3 aliphatic rings. The van der Waals surface area contributed by atoms with E-state index < -0.39 is 33.2 Å². The zero-order valence-electron chi connectivity index (χ0n) is 19.9. The summed E-state index contributed by atoms with van der Waals surface area (Å²) in [5.41, 5.74) is 2.48. The summed E-state index contributed by atoms with van der Waals surface area (Å²) in [4.78, 5) is 26.6. The summed E-state index contributed by atoms with van der Waals surface area (Å²) >= 11 is 0. The van der Waals surface area contributed by atoms with Crippen LogP contribution in [0.25, 0.3) is 5.57 Å². The normalized spacial score (nSPS) is 22.4. The second-order valence-corrected chi connectivity index (χ2v) is 11.3. The molecule has 1 aromatic carbocycles. The Morgan fingerprint density at radius 3 is 2.61 bits per heavy atom. The van der Waals surface area contributed by atoms with E-state index in [2.05, 4.69) is 6.07 Å². The SMILES string of the molecule is N#Cc1ccccc1C1=CCN(S(=O)(=O)CC2(C(=O)NO)CCN(C(=O)O[C@H]3CCOC3)CC2)CC1. The molecular formula is C24H30N4O7S. The monoisotopic (exact) mass is 518 g/mol. The van der Waals surface area contributed by atoms with Crippen LogP contribution in [0.1, 0.15) is 36.8 Å². The van der Waals surface area contributed by atoms with Gasteiger partial charge in [0.25, 0.3) is 5.91 Å². The lowest BCUT2D eigenvalue weighted by molar-refractivity contribution is -0.141. The molecule has 12 heteroatoms. The van der Waals surface area contributed by atoms with E-state index in [1.165, 1.54) is 9.21 Å². The number of piperidine rings is 1. The van der Waals surface area contributed by atoms with E-state index in [0.29, 0.717) is 31.6 Å². The number of nitrogens with zero attached hydrogens (tertiary/aromatic N) is 3. The maximum atomic E-state index is 13.4. The van der Waals surface area contributed by atoms with Crippen LogP contribution in [0, 0.1) is 16.7 Å². The average molecular weight is 519 g/mol. The molecule has 2 N–H and O–H groups in total. The Morgan fingerprint density at radius 2 is 2.00 bits per heavy atom. The van der Waals surface area contributed by atoms with Crippen LogP contribution in [0.4, 0.5) is 4.79 Å². The lowest BCUT2D eigenvalue weighted by Gasteiger charge is -2.40. The van der Waals surface area contributed by atoms with Crippen molar-refractivity contribution >= 4 is 27.6 Å². The fraction of sp³-hybridized carbons (Fsp3) is 0.542. The molecule has 2 saturated heterocycles. The number of hydrogen-bond donors (Lipinski definition) is 2. The van der Waals surface area contributed by atoms with Crippen molar-refractivity contribution in [1.29, 1.82) is 5.26 Å². The molecule has 4 rings (SSSR count). The molecule has 1 aromatic rings. The van der Waals surface area contributed by atoms with Gasteiger partial charge in [-0.2, -0.15) is 9.57 Å². The van der Waals surface area contributed by atoms with Gasteiger partial charge in [0.2, 0.25) is 10.0 Å². The number of likely N-dealkylation sites (tertiary alicyclic amines) is 1. The predicted octanol–water partition coefficient (Wildman–Crippen LogP) is 1.49. The molecule has 0 radical (unpaired) electrons. The van der Waals surface area contributed by atoms with Crippen LogP contribution in [0.2, 0.25) is 0 Å². The first-order valence-corrected chi connectivity index (χ1v) is 13.5. The minimum absolute atomic E-state index is 0.0688. The molecule has 1 atom stereocenters. The van der Waals surface area contributed by atoms with E-state index >= 15 is 0 Å². The van der Waals surface area contributed by atoms with Crippen molar-refractivity contribution in [3.05, 3.63) is 41.5 Å². The van der Waals surface area contributed by atoms with Crippen LogP contribution in [0.3, 0.4) is 0 Å². The van der Waals surface area contributed by atoms with Gasteiger partial charge in [0.1, 0.15) is 6.10 Å². The Morgan fingerprint density at radius 1 is 1.25 bits per heavy atom. The Hall–Kier alpha value is -2.98. The number of sulfonamides is 1. The number of ether oxygens (including phenoxy) is 2. The van der Waals surface area contributed by atoms with Gasteiger partial charge in [0.05, 0.1) is 36.0 Å². The number of hydroxylamine groups is 1. The Kier molecular flexibility index (Phi) is 7.94. The van der Waals surface area contributed by atoms with Gasteiger partial charge < -0.3 is 14.4 Å². The first kappa shape index (κ1) is 26.1. The van der Waals surface area contributed by atoms with E-state index in [9.17, 15) is 28.5 Å². The van der Waals surface area contributed by atoms with E-state index in [0.717, 1.165) is 11.1 Å². The Balaban J connectivity index is 1.42. The molecule has 0 bridgehead atoms. The quantitative estimate of drug-likeness (QED) is 0.425. The zero-order chi connectivity index (χ0) is 25.8. The number of amides is 2. The van der Waals surface area contributed by atoms with Gasteiger partial charge in [-0.1, -0.05) is 24.3 Å². The topological polar surface area (TPSA) is 149 Å². The van der Waals surface area contributed by atoms with Crippen molar-refractivity contribution < 1.29 is 32.7 Å². The van der Waals surface area contributed by atoms with Crippen molar-refractivity contribution in [2.75, 3.05) is 45.1 Å². The third-order valence-corrected chi connectivity index (χ3v) is 9.17. The summed E-state index contributed by atoms with van der Waals surface area (Å²) in [6, 6.07) is 9.34. The molecular weight excluding hydrogens is 488 g/mol. The van der Waals surface area contributed by atoms with Crippen LogP contribution in [0.15, 0.2) is 30.3 Å². The highest BCUT2D eigenvalue weighted by atomic mass is 32.2. The van der Waals surface area contributed by atoms with Crippen LogP contribution in [-0.2, 0) is 24.3 Å². The van der Waals surface area contributed by atoms with Crippen LogP contribution < -0.4 is 5.48 Å². The van der Waals surface area contributed by atoms with Gasteiger partial charge in [-0.3, -0.25) is 10.0 Å². The molecule has 0 saturated carbocycles. The summed E-state index contributed by atoms with van der Waals surface area (Å²) in [6.45, 7) is 1.48. The number of hydrogen-bond acceptors (Lipinski definition) is 8. The third-order valence-electron chi connectivity index (χ3n) is 7.13. The maximum Gasteiger partial charge on any atom is 0.410 e. The summed E-state index contributed by atoms with van der Waals surface area (Å²) in [5, 5.41) is 18.7. The first-order valence-electron chi connectivity index (χ1n) is 11.9. The lowest BCUT2D eigenvalue weighted by atomic mass is 9.79. The van der Waals surface area contributed by atoms with E-state index in [1.807, 2.05) is 12.1 Å². The van der Waals surface area contributed by atoms with Crippen LogP contribution in [0.5, 0.6) is 0 Å². The number of nitriles is 1. The molecule has 0 aliphatic carbocycles. The minimum Gasteiger partial charge on any atom is -0.444 e. The minimum atomic E-state index is -3.87. The molecule has 11 nitrogen and oxygen atoms in total. The zero-order valence-corrected chi connectivity index (χ0v) is 20.7. The highest BCUT2D eigenvalue weighted by Crippen LogP contribution is 2.36. The Labute approximate surface area is 210 Å². The van der Waals surface area contributed by atoms with Gasteiger partial charge in [-0.05, 0) is 36.5 Å². The van der Waals surface area contributed by atoms with E-state index in [4.69, 9.17) is 9.47 Å². The number of rotatable bonds is 6. The van der Waals surface area contributed by atoms with Gasteiger partial charge >= 0.3 is 6.09 Å². The first-order chi connectivity index (χ1) is 17.3. The predicted molar refractivity (Wildman–Crippen MR) is 128 cm³/mol. The molecule has 2 fully saturated rings. The Bertz CT molecular complexity index is 1160. The lowest BCUT2D eigenvalue weighted by Crippen LogP contribution is -2.54. The van der Waals surface area contributed by atoms with Gasteiger partial charge in [0, 0.05) is 32.6 Å². The fourth-order valence-corrected chi connectivity index (χ4v) is 6.92. The van der Waals surface area contributed by atoms with Gasteiger partial charge in [-0.25, -0.2) is 18.7 Å². The van der Waals surface area contributed by atoms with Crippen molar-refractivity contribution in [2.24, 2.45) is 5.41 Å². The fourth-order valence-electron chi connectivity index (χ4n) is 4.94. The van der Waals surface area contributed by atoms with Gasteiger partial charge in [-0.15, -0.1) is 0 Å². The molecule has 0 aromatic heterocycles. The standard InChI is InChI=1S/C24H30N4O7S/c25-15-19-3-1-2-4-21(19)18-5-10-28(11-6-18)36(32,33)17-24(22(29)26-31)8-12-27(13-9-24)23(30)35-20-7-14-34-16-20/h1-5,20,31H,6-14,16-17H2,(H,26,29)/t20-/m0/s1. The smallest absolute Gasteiger partial charge is 0.410 e. The number of nitrogens with one attached hydrogen (secondary N) is 1. The van der Waals surface area contributed by atoms with Crippen molar-refractivity contribution in [1.82, 2.24) is 14.7 Å². The average Bonchev–Trinajstić information content (AvgIpc) is 3.41. The van der Waals surface area contributed by atoms with Crippen LogP contribution in [-0.4, -0.2) is 86.1 Å². The molecule has 36 heavy (non-hydrogen) atoms. The number of carbonyl (C=O) groups is 2. The summed E-state index contributed by atoms with van der Waals surface area (Å²) < 4.78 is 38.7. The summed E-state index contributed by atoms with van der Waals surface area (Å²) in [7, 11) is -3.87. The van der Waals surface area contributed by atoms with E-state index in [1.54, 1.807) is 23.7 Å². The largest absolute Gasteiger partial charge is 0.444 e. The second kappa shape index (κ2) is 11.0. The van der Waals surface area contributed by atoms with Crippen LogP contribution >= 0.6 is 0 Å². The summed E-state index contributed by atoms with van der Waals surface area (Å²) in [5.74, 6) is -1.26. The number of carbonyl (C=O) groups excluding carboxylic acids is 2. The van der Waals surface area contributed by atoms with Crippen molar-refractivity contribution in [3.63, 3.8) is 0 Å². The molecule has 0 spiro atoms. The maximum absolute atomic E-state index is 13.4. The molecule has 2 amide bonds. The summed E-state index contributed by atoms with van der Waals surface area (Å²) in [6.07, 6.45) is 2.17. The number of benzene rings is 1. The molecule has 3 heterocycles.